The van der Waals surface area contributed by atoms with Crippen LogP contribution in [0.3, 0.4) is 0 Å². The Balaban J connectivity index is 1.46. The number of hydrogen-bond donors (Lipinski definition) is 1. The molecule has 0 radical (unpaired) electrons. The van der Waals surface area contributed by atoms with Gasteiger partial charge in [0.2, 0.25) is 10.0 Å². The molecule has 1 saturated heterocycles. The molecule has 1 aliphatic rings. The van der Waals surface area contributed by atoms with Crippen LogP contribution in [-0.4, -0.2) is 59.8 Å². The van der Waals surface area contributed by atoms with E-state index in [0.29, 0.717) is 6.61 Å². The second kappa shape index (κ2) is 11.4. The van der Waals surface area contributed by atoms with Crippen molar-refractivity contribution in [2.75, 3.05) is 51.3 Å². The molecule has 1 fully saturated rings. The number of sulfonamides is 1. The van der Waals surface area contributed by atoms with E-state index in [2.05, 4.69) is 26.7 Å². The molecular weight excluding hydrogens is 478 g/mol. The van der Waals surface area contributed by atoms with E-state index in [1.807, 2.05) is 45.0 Å². The number of ether oxygens (including phenoxy) is 2. The molecule has 1 atom stereocenters. The standard InChI is InChI=1S/C27H35N3O5S/c1-5-34-27-20(2)17-24(18-21(27)3)36(31,32)28-19-25(26-7-6-16-35-26)30-14-12-29(13-15-30)22-8-10-23(33-4)11-9-22/h6-11,16-18,25,28H,5,12-15,19H2,1-4H3. The van der Waals surface area contributed by atoms with E-state index in [1.54, 1.807) is 25.5 Å². The SMILES string of the molecule is CCOc1c(C)cc(S(=O)(=O)NCC(c2ccco2)N2CCN(c3ccc(OC)cc3)CC2)cc1C. The topological polar surface area (TPSA) is 84.2 Å². The summed E-state index contributed by atoms with van der Waals surface area (Å²) in [5.41, 5.74) is 2.75. The van der Waals surface area contributed by atoms with E-state index in [-0.39, 0.29) is 17.5 Å². The molecule has 1 unspecified atom stereocenters. The zero-order valence-electron chi connectivity index (χ0n) is 21.4. The third-order valence-corrected chi connectivity index (χ3v) is 7.97. The minimum absolute atomic E-state index is 0.210. The van der Waals surface area contributed by atoms with Crippen LogP contribution in [-0.2, 0) is 10.0 Å². The van der Waals surface area contributed by atoms with E-state index in [4.69, 9.17) is 13.9 Å². The summed E-state index contributed by atoms with van der Waals surface area (Å²) in [4.78, 5) is 4.84. The predicted molar refractivity (Wildman–Crippen MR) is 141 cm³/mol. The first kappa shape index (κ1) is 26.1. The zero-order chi connectivity index (χ0) is 25.7. The largest absolute Gasteiger partial charge is 0.497 e. The minimum atomic E-state index is -3.72. The fourth-order valence-corrected chi connectivity index (χ4v) is 5.89. The van der Waals surface area contributed by atoms with Crippen LogP contribution in [0.25, 0.3) is 0 Å². The van der Waals surface area contributed by atoms with Gasteiger partial charge in [0, 0.05) is 38.4 Å². The van der Waals surface area contributed by atoms with E-state index in [0.717, 1.165) is 60.3 Å². The lowest BCUT2D eigenvalue weighted by Crippen LogP contribution is -2.49. The van der Waals surface area contributed by atoms with Crippen LogP contribution in [0, 0.1) is 13.8 Å². The Kier molecular flexibility index (Phi) is 8.23. The quantitative estimate of drug-likeness (QED) is 0.436. The number of rotatable bonds is 10. The lowest BCUT2D eigenvalue weighted by Gasteiger charge is -2.39. The first-order chi connectivity index (χ1) is 17.3. The maximum absolute atomic E-state index is 13.2. The Bertz CT molecular complexity index is 1210. The van der Waals surface area contributed by atoms with Crippen LogP contribution in [0.1, 0.15) is 29.9 Å². The highest BCUT2D eigenvalue weighted by atomic mass is 32.2. The second-order valence-electron chi connectivity index (χ2n) is 8.92. The molecule has 9 heteroatoms. The van der Waals surface area contributed by atoms with Gasteiger partial charge in [-0.2, -0.15) is 0 Å². The second-order valence-corrected chi connectivity index (χ2v) is 10.7. The van der Waals surface area contributed by atoms with Gasteiger partial charge >= 0.3 is 0 Å². The maximum atomic E-state index is 13.2. The lowest BCUT2D eigenvalue weighted by molar-refractivity contribution is 0.166. The molecule has 0 amide bonds. The number of nitrogens with one attached hydrogen (secondary N) is 1. The molecule has 2 aromatic carbocycles. The lowest BCUT2D eigenvalue weighted by atomic mass is 10.1. The predicted octanol–water partition coefficient (Wildman–Crippen LogP) is 4.15. The summed E-state index contributed by atoms with van der Waals surface area (Å²) in [6.07, 6.45) is 1.63. The number of benzene rings is 2. The van der Waals surface area contributed by atoms with E-state index >= 15 is 0 Å². The van der Waals surface area contributed by atoms with Crippen LogP contribution in [0.15, 0.2) is 64.1 Å². The van der Waals surface area contributed by atoms with E-state index < -0.39 is 10.0 Å². The number of furan rings is 1. The van der Waals surface area contributed by atoms with E-state index in [1.165, 1.54) is 0 Å². The molecule has 36 heavy (non-hydrogen) atoms. The van der Waals surface area contributed by atoms with Gasteiger partial charge < -0.3 is 18.8 Å². The molecular formula is C27H35N3O5S. The Hall–Kier alpha value is -3.01. The number of nitrogens with zero attached hydrogens (tertiary/aromatic N) is 2. The normalized spacial score (nSPS) is 15.6. The fourth-order valence-electron chi connectivity index (χ4n) is 4.69. The molecule has 2 heterocycles. The van der Waals surface area contributed by atoms with Crippen molar-refractivity contribution < 1.29 is 22.3 Å². The van der Waals surface area contributed by atoms with Crippen molar-refractivity contribution in [2.45, 2.75) is 31.7 Å². The van der Waals surface area contributed by atoms with Gasteiger partial charge in [0.25, 0.3) is 0 Å². The van der Waals surface area contributed by atoms with Gasteiger partial charge in [-0.3, -0.25) is 4.90 Å². The highest BCUT2D eigenvalue weighted by molar-refractivity contribution is 7.89. The Morgan fingerprint density at radius 2 is 1.69 bits per heavy atom. The molecule has 3 aromatic rings. The summed E-state index contributed by atoms with van der Waals surface area (Å²) in [5.74, 6) is 2.31. The summed E-state index contributed by atoms with van der Waals surface area (Å²) in [7, 11) is -2.06. The molecule has 4 rings (SSSR count). The molecule has 0 bridgehead atoms. The Morgan fingerprint density at radius 1 is 1.03 bits per heavy atom. The average Bonchev–Trinajstić information content (AvgIpc) is 3.41. The molecule has 194 valence electrons. The van der Waals surface area contributed by atoms with Gasteiger partial charge in [-0.25, -0.2) is 13.1 Å². The van der Waals surface area contributed by atoms with Gasteiger partial charge in [-0.05, 0) is 80.4 Å². The van der Waals surface area contributed by atoms with Crippen molar-refractivity contribution >= 4 is 15.7 Å². The fraction of sp³-hybridized carbons (Fsp3) is 0.407. The minimum Gasteiger partial charge on any atom is -0.497 e. The summed E-state index contributed by atoms with van der Waals surface area (Å²) < 4.78 is 45.9. The summed E-state index contributed by atoms with van der Waals surface area (Å²) in [6, 6.07) is 14.9. The maximum Gasteiger partial charge on any atom is 0.240 e. The number of methoxy groups -OCH3 is 1. The van der Waals surface area contributed by atoms with Crippen molar-refractivity contribution in [3.05, 3.63) is 71.7 Å². The summed E-state index contributed by atoms with van der Waals surface area (Å²) in [5, 5.41) is 0. The third-order valence-electron chi connectivity index (χ3n) is 6.56. The van der Waals surface area contributed by atoms with Crippen molar-refractivity contribution in [1.82, 2.24) is 9.62 Å². The van der Waals surface area contributed by atoms with Gasteiger partial charge in [0.05, 0.1) is 30.9 Å². The first-order valence-corrected chi connectivity index (χ1v) is 13.7. The van der Waals surface area contributed by atoms with Crippen LogP contribution in [0.4, 0.5) is 5.69 Å². The van der Waals surface area contributed by atoms with Crippen LogP contribution < -0.4 is 19.1 Å². The number of piperazine rings is 1. The van der Waals surface area contributed by atoms with Crippen molar-refractivity contribution in [2.24, 2.45) is 0 Å². The summed E-state index contributed by atoms with van der Waals surface area (Å²) >= 11 is 0. The van der Waals surface area contributed by atoms with Crippen molar-refractivity contribution in [3.8, 4) is 11.5 Å². The summed E-state index contributed by atoms with van der Waals surface area (Å²) in [6.45, 7) is 9.60. The molecule has 1 aromatic heterocycles. The Morgan fingerprint density at radius 3 is 2.25 bits per heavy atom. The molecule has 1 N–H and O–H groups in total. The van der Waals surface area contributed by atoms with Gasteiger partial charge in [-0.15, -0.1) is 0 Å². The first-order valence-electron chi connectivity index (χ1n) is 12.2. The molecule has 0 aliphatic carbocycles. The smallest absolute Gasteiger partial charge is 0.240 e. The van der Waals surface area contributed by atoms with Crippen LogP contribution in [0.5, 0.6) is 11.5 Å². The number of anilines is 1. The van der Waals surface area contributed by atoms with Crippen LogP contribution >= 0.6 is 0 Å². The monoisotopic (exact) mass is 513 g/mol. The third kappa shape index (κ3) is 5.86. The molecule has 8 nitrogen and oxygen atoms in total. The molecule has 1 aliphatic heterocycles. The average molecular weight is 514 g/mol. The Labute approximate surface area is 213 Å². The zero-order valence-corrected chi connectivity index (χ0v) is 22.2. The van der Waals surface area contributed by atoms with E-state index in [9.17, 15) is 8.42 Å². The van der Waals surface area contributed by atoms with Crippen molar-refractivity contribution in [1.29, 1.82) is 0 Å². The number of aryl methyl sites for hydroxylation is 2. The number of hydrogen-bond acceptors (Lipinski definition) is 7. The molecule has 0 spiro atoms. The van der Waals surface area contributed by atoms with Gasteiger partial charge in [-0.1, -0.05) is 0 Å². The van der Waals surface area contributed by atoms with Gasteiger partial charge in [0.1, 0.15) is 17.3 Å². The highest BCUT2D eigenvalue weighted by Crippen LogP contribution is 2.29. The molecule has 0 saturated carbocycles. The highest BCUT2D eigenvalue weighted by Gasteiger charge is 2.29. The van der Waals surface area contributed by atoms with Crippen molar-refractivity contribution in [3.63, 3.8) is 0 Å². The van der Waals surface area contributed by atoms with Crippen LogP contribution in [0.2, 0.25) is 0 Å². The van der Waals surface area contributed by atoms with Gasteiger partial charge in [0.15, 0.2) is 0 Å².